The smallest absolute Gasteiger partial charge is 0.224 e. The van der Waals surface area contributed by atoms with E-state index in [1.807, 2.05) is 6.07 Å². The second kappa shape index (κ2) is 9.65. The van der Waals surface area contributed by atoms with Gasteiger partial charge in [-0.3, -0.25) is 9.69 Å². The van der Waals surface area contributed by atoms with E-state index in [0.717, 1.165) is 25.9 Å². The van der Waals surface area contributed by atoms with Gasteiger partial charge in [0.05, 0.1) is 5.92 Å². The van der Waals surface area contributed by atoms with Crippen molar-refractivity contribution in [1.82, 2.24) is 15.1 Å². The van der Waals surface area contributed by atoms with E-state index in [1.54, 1.807) is 12.1 Å². The van der Waals surface area contributed by atoms with Crippen LogP contribution in [0, 0.1) is 11.7 Å². The molecule has 2 fully saturated rings. The Morgan fingerprint density at radius 3 is 2.63 bits per heavy atom. The number of rotatable bonds is 6. The van der Waals surface area contributed by atoms with Crippen LogP contribution >= 0.6 is 0 Å². The molecule has 0 aliphatic carbocycles. The van der Waals surface area contributed by atoms with Crippen LogP contribution < -0.4 is 5.32 Å². The predicted molar refractivity (Wildman–Crippen MR) is 107 cm³/mol. The van der Waals surface area contributed by atoms with E-state index in [0.29, 0.717) is 30.6 Å². The van der Waals surface area contributed by atoms with Crippen LogP contribution in [0.25, 0.3) is 0 Å². The minimum atomic E-state index is -0.191. The minimum absolute atomic E-state index is 0.0718. The average molecular weight is 376 g/mol. The molecule has 0 aromatic heterocycles. The van der Waals surface area contributed by atoms with Gasteiger partial charge in [-0.05, 0) is 77.2 Å². The molecule has 5 heteroatoms. The number of hydrogen-bond acceptors (Lipinski definition) is 3. The zero-order valence-electron chi connectivity index (χ0n) is 16.8. The fraction of sp³-hybridized carbons (Fsp3) is 0.682. The average Bonchev–Trinajstić information content (AvgIpc) is 2.69. The van der Waals surface area contributed by atoms with Crippen LogP contribution in [-0.4, -0.2) is 60.5 Å². The molecule has 2 aliphatic heterocycles. The first-order valence-electron chi connectivity index (χ1n) is 10.5. The molecule has 2 saturated heterocycles. The Labute approximate surface area is 163 Å². The summed E-state index contributed by atoms with van der Waals surface area (Å²) in [6.45, 7) is 9.36. The molecule has 3 rings (SSSR count). The maximum atomic E-state index is 13.7. The molecule has 4 nitrogen and oxygen atoms in total. The number of nitrogens with one attached hydrogen (secondary N) is 1. The molecule has 1 aromatic carbocycles. The number of nitrogens with zero attached hydrogens (tertiary/aromatic N) is 2. The highest BCUT2D eigenvalue weighted by Crippen LogP contribution is 2.24. The fourth-order valence-electron chi connectivity index (χ4n) is 4.49. The van der Waals surface area contributed by atoms with Crippen LogP contribution in [0.15, 0.2) is 24.3 Å². The van der Waals surface area contributed by atoms with E-state index in [4.69, 9.17) is 0 Å². The summed E-state index contributed by atoms with van der Waals surface area (Å²) in [5.41, 5.74) is 0.667. The molecule has 27 heavy (non-hydrogen) atoms. The molecule has 1 amide bonds. The Morgan fingerprint density at radius 2 is 1.93 bits per heavy atom. The van der Waals surface area contributed by atoms with Crippen molar-refractivity contribution in [3.8, 4) is 0 Å². The van der Waals surface area contributed by atoms with E-state index in [9.17, 15) is 9.18 Å². The number of benzene rings is 1. The first kappa shape index (κ1) is 20.3. The summed E-state index contributed by atoms with van der Waals surface area (Å²) in [6.07, 6.45) is 5.02. The van der Waals surface area contributed by atoms with Crippen LogP contribution in [0.1, 0.15) is 45.1 Å². The second-order valence-electron chi connectivity index (χ2n) is 8.33. The number of likely N-dealkylation sites (tertiary alicyclic amines) is 2. The Kier molecular flexibility index (Phi) is 7.25. The van der Waals surface area contributed by atoms with Gasteiger partial charge in [-0.1, -0.05) is 18.2 Å². The molecule has 2 heterocycles. The van der Waals surface area contributed by atoms with E-state index in [-0.39, 0.29) is 17.6 Å². The van der Waals surface area contributed by atoms with Gasteiger partial charge in [0.25, 0.3) is 0 Å². The molecule has 0 saturated carbocycles. The summed E-state index contributed by atoms with van der Waals surface area (Å²) in [7, 11) is 0. The highest BCUT2D eigenvalue weighted by molar-refractivity contribution is 5.79. The van der Waals surface area contributed by atoms with Crippen molar-refractivity contribution in [1.29, 1.82) is 0 Å². The fourth-order valence-corrected chi connectivity index (χ4v) is 4.49. The lowest BCUT2D eigenvalue weighted by Gasteiger charge is -2.43. The molecule has 0 radical (unpaired) electrons. The number of carbonyl (C=O) groups is 1. The Morgan fingerprint density at radius 1 is 1.19 bits per heavy atom. The van der Waals surface area contributed by atoms with Crippen LogP contribution in [0.5, 0.6) is 0 Å². The quantitative estimate of drug-likeness (QED) is 0.830. The Bertz CT molecular complexity index is 613. The van der Waals surface area contributed by atoms with Crippen LogP contribution in [0.4, 0.5) is 4.39 Å². The van der Waals surface area contributed by atoms with Gasteiger partial charge in [0.2, 0.25) is 5.91 Å². The van der Waals surface area contributed by atoms with Crippen molar-refractivity contribution in [2.24, 2.45) is 5.92 Å². The summed E-state index contributed by atoms with van der Waals surface area (Å²) < 4.78 is 13.7. The largest absolute Gasteiger partial charge is 0.355 e. The van der Waals surface area contributed by atoms with Gasteiger partial charge in [0.15, 0.2) is 0 Å². The predicted octanol–water partition coefficient (Wildman–Crippen LogP) is 3.07. The lowest BCUT2D eigenvalue weighted by molar-refractivity contribution is -0.127. The van der Waals surface area contributed by atoms with Gasteiger partial charge in [-0.25, -0.2) is 4.39 Å². The normalized spacial score (nSPS) is 22.9. The van der Waals surface area contributed by atoms with Gasteiger partial charge >= 0.3 is 0 Å². The Hall–Kier alpha value is -1.46. The highest BCUT2D eigenvalue weighted by atomic mass is 19.1. The maximum Gasteiger partial charge on any atom is 0.224 e. The van der Waals surface area contributed by atoms with Gasteiger partial charge in [0.1, 0.15) is 5.82 Å². The monoisotopic (exact) mass is 375 g/mol. The summed E-state index contributed by atoms with van der Waals surface area (Å²) in [5, 5.41) is 3.03. The number of piperidine rings is 2. The number of hydrogen-bond donors (Lipinski definition) is 1. The van der Waals surface area contributed by atoms with Gasteiger partial charge in [-0.2, -0.15) is 0 Å². The molecule has 0 unspecified atom stereocenters. The summed E-state index contributed by atoms with van der Waals surface area (Å²) in [4.78, 5) is 17.7. The van der Waals surface area contributed by atoms with E-state index < -0.39 is 0 Å². The third-order valence-electron chi connectivity index (χ3n) is 6.22. The van der Waals surface area contributed by atoms with Crippen molar-refractivity contribution in [3.63, 3.8) is 0 Å². The van der Waals surface area contributed by atoms with E-state index in [2.05, 4.69) is 29.0 Å². The molecular weight excluding hydrogens is 341 g/mol. The SMILES string of the molecule is CC(C)N1CCC(N2CCC[C@H](C(=O)NCCc3ccccc3F)C2)CC1. The van der Waals surface area contributed by atoms with Crippen molar-refractivity contribution in [2.75, 3.05) is 32.7 Å². The third kappa shape index (κ3) is 5.52. The van der Waals surface area contributed by atoms with Crippen molar-refractivity contribution in [3.05, 3.63) is 35.6 Å². The summed E-state index contributed by atoms with van der Waals surface area (Å²) in [6, 6.07) is 8.03. The molecule has 0 bridgehead atoms. The van der Waals surface area contributed by atoms with Crippen LogP contribution in [0.2, 0.25) is 0 Å². The first-order chi connectivity index (χ1) is 13.0. The lowest BCUT2D eigenvalue weighted by atomic mass is 9.93. The van der Waals surface area contributed by atoms with Gasteiger partial charge in [0, 0.05) is 25.2 Å². The van der Waals surface area contributed by atoms with Crippen molar-refractivity contribution >= 4 is 5.91 Å². The van der Waals surface area contributed by atoms with Crippen molar-refractivity contribution < 1.29 is 9.18 Å². The molecule has 1 aromatic rings. The van der Waals surface area contributed by atoms with E-state index in [1.165, 1.54) is 32.0 Å². The maximum absolute atomic E-state index is 13.7. The van der Waals surface area contributed by atoms with Gasteiger partial charge < -0.3 is 10.2 Å². The molecular formula is C22H34FN3O. The van der Waals surface area contributed by atoms with Gasteiger partial charge in [-0.15, -0.1) is 0 Å². The minimum Gasteiger partial charge on any atom is -0.355 e. The zero-order valence-corrected chi connectivity index (χ0v) is 16.8. The summed E-state index contributed by atoms with van der Waals surface area (Å²) in [5.74, 6) is 0.0153. The van der Waals surface area contributed by atoms with Crippen molar-refractivity contribution in [2.45, 2.75) is 58.0 Å². The molecule has 1 atom stereocenters. The van der Waals surface area contributed by atoms with E-state index >= 15 is 0 Å². The Balaban J connectivity index is 1.43. The highest BCUT2D eigenvalue weighted by Gasteiger charge is 2.31. The summed E-state index contributed by atoms with van der Waals surface area (Å²) >= 11 is 0. The molecule has 0 spiro atoms. The van der Waals surface area contributed by atoms with Crippen LogP contribution in [-0.2, 0) is 11.2 Å². The zero-order chi connectivity index (χ0) is 19.2. The first-order valence-corrected chi connectivity index (χ1v) is 10.5. The van der Waals surface area contributed by atoms with Crippen LogP contribution in [0.3, 0.4) is 0 Å². The number of halogens is 1. The number of carbonyl (C=O) groups excluding carboxylic acids is 1. The molecule has 1 N–H and O–H groups in total. The topological polar surface area (TPSA) is 35.6 Å². The number of amides is 1. The molecule has 150 valence electrons. The second-order valence-corrected chi connectivity index (χ2v) is 8.33. The lowest BCUT2D eigenvalue weighted by Crippen LogP contribution is -2.51. The standard InChI is InChI=1S/C22H34FN3O/c1-17(2)25-14-10-20(11-15-25)26-13-5-7-19(16-26)22(27)24-12-9-18-6-3-4-8-21(18)23/h3-4,6,8,17,19-20H,5,7,9-16H2,1-2H3,(H,24,27)/t19-/m0/s1. The third-order valence-corrected chi connectivity index (χ3v) is 6.22. The molecule has 2 aliphatic rings.